The maximum atomic E-state index is 12.2. The zero-order chi connectivity index (χ0) is 21.3. The average Bonchev–Trinajstić information content (AvgIpc) is 3.10. The van der Waals surface area contributed by atoms with Crippen molar-refractivity contribution in [3.63, 3.8) is 0 Å². The van der Waals surface area contributed by atoms with E-state index in [0.29, 0.717) is 25.6 Å². The van der Waals surface area contributed by atoms with E-state index in [-0.39, 0.29) is 29.9 Å². The Balaban J connectivity index is 0.00000450. The van der Waals surface area contributed by atoms with Crippen LogP contribution < -0.4 is 15.4 Å². The molecule has 2 heterocycles. The SMILES string of the molecule is CCNC(=NCc1ccc(OCC(F)(F)F)nc1)NCc1c(CC)noc1CC.I. The largest absolute Gasteiger partial charge is 0.468 e. The van der Waals surface area contributed by atoms with Crippen LogP contribution in [0.15, 0.2) is 27.8 Å². The number of alkyl halides is 3. The lowest BCUT2D eigenvalue weighted by atomic mass is 10.1. The Hall–Kier alpha value is -2.05. The molecule has 168 valence electrons. The lowest BCUT2D eigenvalue weighted by Gasteiger charge is -2.12. The number of aliphatic imine (C=N–C) groups is 1. The number of rotatable bonds is 9. The number of halogens is 4. The van der Waals surface area contributed by atoms with Crippen LogP contribution in [-0.2, 0) is 25.9 Å². The van der Waals surface area contributed by atoms with Crippen LogP contribution in [0.5, 0.6) is 5.88 Å². The van der Waals surface area contributed by atoms with Gasteiger partial charge in [0.15, 0.2) is 12.6 Å². The Morgan fingerprint density at radius 1 is 1.17 bits per heavy atom. The number of guanidine groups is 1. The van der Waals surface area contributed by atoms with Gasteiger partial charge in [0.2, 0.25) is 5.88 Å². The van der Waals surface area contributed by atoms with Gasteiger partial charge in [0, 0.05) is 37.3 Å². The van der Waals surface area contributed by atoms with Gasteiger partial charge in [-0.05, 0) is 18.9 Å². The third-order valence-corrected chi connectivity index (χ3v) is 3.98. The molecule has 2 rings (SSSR count). The highest BCUT2D eigenvalue weighted by Crippen LogP contribution is 2.17. The number of hydrogen-bond acceptors (Lipinski definition) is 5. The Kier molecular flexibility index (Phi) is 10.9. The summed E-state index contributed by atoms with van der Waals surface area (Å²) in [6.07, 6.45) is -1.41. The Morgan fingerprint density at radius 2 is 1.93 bits per heavy atom. The van der Waals surface area contributed by atoms with Crippen molar-refractivity contribution in [3.8, 4) is 5.88 Å². The second-order valence-corrected chi connectivity index (χ2v) is 6.20. The summed E-state index contributed by atoms with van der Waals surface area (Å²) in [5, 5.41) is 10.5. The van der Waals surface area contributed by atoms with Crippen LogP contribution in [0, 0.1) is 0 Å². The van der Waals surface area contributed by atoms with Gasteiger partial charge in [-0.3, -0.25) is 0 Å². The predicted molar refractivity (Wildman–Crippen MR) is 118 cm³/mol. The third-order valence-electron chi connectivity index (χ3n) is 3.98. The highest BCUT2D eigenvalue weighted by Gasteiger charge is 2.28. The van der Waals surface area contributed by atoms with E-state index in [1.807, 2.05) is 20.8 Å². The van der Waals surface area contributed by atoms with E-state index in [9.17, 15) is 13.2 Å². The van der Waals surface area contributed by atoms with Crippen molar-refractivity contribution in [3.05, 3.63) is 40.9 Å². The van der Waals surface area contributed by atoms with Crippen LogP contribution in [0.25, 0.3) is 0 Å². The molecule has 0 saturated carbocycles. The predicted octanol–water partition coefficient (Wildman–Crippen LogP) is 4.01. The van der Waals surface area contributed by atoms with Gasteiger partial charge in [-0.25, -0.2) is 9.98 Å². The van der Waals surface area contributed by atoms with E-state index < -0.39 is 12.8 Å². The van der Waals surface area contributed by atoms with Gasteiger partial charge in [0.1, 0.15) is 5.76 Å². The summed E-state index contributed by atoms with van der Waals surface area (Å²) in [5.41, 5.74) is 2.70. The normalized spacial score (nSPS) is 11.7. The van der Waals surface area contributed by atoms with Crippen LogP contribution in [0.2, 0.25) is 0 Å². The first-order valence-electron chi connectivity index (χ1n) is 9.49. The van der Waals surface area contributed by atoms with Gasteiger partial charge < -0.3 is 19.9 Å². The maximum absolute atomic E-state index is 12.2. The Labute approximate surface area is 190 Å². The molecule has 0 radical (unpaired) electrons. The summed E-state index contributed by atoms with van der Waals surface area (Å²) in [7, 11) is 0. The Morgan fingerprint density at radius 3 is 2.50 bits per heavy atom. The van der Waals surface area contributed by atoms with Gasteiger partial charge in [-0.2, -0.15) is 13.2 Å². The van der Waals surface area contributed by atoms with Crippen LogP contribution in [-0.4, -0.2) is 35.4 Å². The van der Waals surface area contributed by atoms with Crippen molar-refractivity contribution in [2.45, 2.75) is 52.9 Å². The minimum absolute atomic E-state index is 0. The zero-order valence-corrected chi connectivity index (χ0v) is 19.5. The molecule has 0 aliphatic rings. The van der Waals surface area contributed by atoms with Crippen molar-refractivity contribution in [1.82, 2.24) is 20.8 Å². The molecule has 0 saturated heterocycles. The first-order chi connectivity index (χ1) is 13.9. The summed E-state index contributed by atoms with van der Waals surface area (Å²) in [4.78, 5) is 8.38. The fourth-order valence-electron chi connectivity index (χ4n) is 2.57. The molecule has 0 aliphatic heterocycles. The molecule has 0 aliphatic carbocycles. The molecule has 0 amide bonds. The highest BCUT2D eigenvalue weighted by molar-refractivity contribution is 14.0. The zero-order valence-electron chi connectivity index (χ0n) is 17.2. The number of pyridine rings is 1. The van der Waals surface area contributed by atoms with Gasteiger partial charge in [-0.15, -0.1) is 24.0 Å². The van der Waals surface area contributed by atoms with E-state index in [1.165, 1.54) is 12.3 Å². The summed E-state index contributed by atoms with van der Waals surface area (Å²) < 4.78 is 46.5. The van der Waals surface area contributed by atoms with Crippen molar-refractivity contribution in [2.24, 2.45) is 4.99 Å². The minimum atomic E-state index is -4.39. The molecular formula is C19H27F3IN5O2. The molecule has 0 spiro atoms. The monoisotopic (exact) mass is 541 g/mol. The van der Waals surface area contributed by atoms with Crippen LogP contribution in [0.1, 0.15) is 43.4 Å². The molecule has 0 atom stereocenters. The van der Waals surface area contributed by atoms with Crippen molar-refractivity contribution < 1.29 is 22.4 Å². The molecule has 7 nitrogen and oxygen atoms in total. The molecule has 0 unspecified atom stereocenters. The topological polar surface area (TPSA) is 84.6 Å². The molecule has 0 bridgehead atoms. The number of ether oxygens (including phenoxy) is 1. The number of nitrogens with zero attached hydrogens (tertiary/aromatic N) is 3. The number of hydrogen-bond donors (Lipinski definition) is 2. The van der Waals surface area contributed by atoms with E-state index in [0.717, 1.165) is 35.4 Å². The summed E-state index contributed by atoms with van der Waals surface area (Å²) in [5.74, 6) is 1.38. The molecule has 2 N–H and O–H groups in total. The van der Waals surface area contributed by atoms with E-state index in [4.69, 9.17) is 4.52 Å². The average molecular weight is 541 g/mol. The van der Waals surface area contributed by atoms with Crippen molar-refractivity contribution >= 4 is 29.9 Å². The second-order valence-electron chi connectivity index (χ2n) is 6.20. The minimum Gasteiger partial charge on any atom is -0.468 e. The number of aromatic nitrogens is 2. The molecule has 2 aromatic rings. The Bertz CT molecular complexity index is 773. The summed E-state index contributed by atoms with van der Waals surface area (Å²) in [6, 6.07) is 3.03. The summed E-state index contributed by atoms with van der Waals surface area (Å²) >= 11 is 0. The van der Waals surface area contributed by atoms with E-state index in [1.54, 1.807) is 6.07 Å². The fraction of sp³-hybridized carbons (Fsp3) is 0.526. The lowest BCUT2D eigenvalue weighted by Crippen LogP contribution is -2.37. The number of nitrogens with one attached hydrogen (secondary N) is 2. The molecule has 2 aromatic heterocycles. The quantitative estimate of drug-likeness (QED) is 0.284. The first kappa shape index (κ1) is 26.0. The molecule has 0 fully saturated rings. The molecule has 0 aromatic carbocycles. The summed E-state index contributed by atoms with van der Waals surface area (Å²) in [6.45, 7) is 6.15. The van der Waals surface area contributed by atoms with Crippen molar-refractivity contribution in [2.75, 3.05) is 13.2 Å². The van der Waals surface area contributed by atoms with Gasteiger partial charge in [0.05, 0.1) is 12.2 Å². The van der Waals surface area contributed by atoms with Crippen LogP contribution >= 0.6 is 24.0 Å². The smallest absolute Gasteiger partial charge is 0.422 e. The van der Waals surface area contributed by atoms with Crippen LogP contribution in [0.3, 0.4) is 0 Å². The highest BCUT2D eigenvalue weighted by atomic mass is 127. The molecule has 11 heteroatoms. The van der Waals surface area contributed by atoms with Crippen LogP contribution in [0.4, 0.5) is 13.2 Å². The third kappa shape index (κ3) is 8.36. The maximum Gasteiger partial charge on any atom is 0.422 e. The van der Waals surface area contributed by atoms with Gasteiger partial charge in [0.25, 0.3) is 0 Å². The van der Waals surface area contributed by atoms with Gasteiger partial charge in [-0.1, -0.05) is 25.1 Å². The van der Waals surface area contributed by atoms with E-state index in [2.05, 4.69) is 30.5 Å². The standard InChI is InChI=1S/C19H26F3N5O2.HI/c1-4-15-14(16(5-2)29-27-15)11-26-18(23-6-3)25-10-13-7-8-17(24-9-13)28-12-19(20,21)22;/h7-9H,4-6,10-12H2,1-3H3,(H2,23,25,26);1H. The second kappa shape index (κ2) is 12.6. The van der Waals surface area contributed by atoms with Gasteiger partial charge >= 0.3 is 6.18 Å². The van der Waals surface area contributed by atoms with Crippen molar-refractivity contribution in [1.29, 1.82) is 0 Å². The fourth-order valence-corrected chi connectivity index (χ4v) is 2.57. The molecule has 30 heavy (non-hydrogen) atoms. The molecular weight excluding hydrogens is 514 g/mol. The first-order valence-corrected chi connectivity index (χ1v) is 9.49. The number of aryl methyl sites for hydroxylation is 2. The van der Waals surface area contributed by atoms with E-state index >= 15 is 0 Å². The lowest BCUT2D eigenvalue weighted by molar-refractivity contribution is -0.154.